The maximum Gasteiger partial charge on any atom is 0.358 e. The van der Waals surface area contributed by atoms with Gasteiger partial charge in [-0.25, -0.2) is 4.79 Å². The molecule has 0 bridgehead atoms. The van der Waals surface area contributed by atoms with Crippen molar-refractivity contribution in [2.24, 2.45) is 5.92 Å². The topological polar surface area (TPSA) is 55.4 Å². The lowest BCUT2D eigenvalue weighted by Crippen LogP contribution is -2.33. The molecule has 1 N–H and O–H groups in total. The molecular formula is C25H45NO3. The first-order valence-electron chi connectivity index (χ1n) is 11.8. The van der Waals surface area contributed by atoms with Crippen LogP contribution in [0.3, 0.4) is 0 Å². The minimum absolute atomic E-state index is 0.0878. The van der Waals surface area contributed by atoms with Crippen LogP contribution in [0.5, 0.6) is 0 Å². The number of rotatable bonds is 18. The van der Waals surface area contributed by atoms with E-state index in [2.05, 4.69) is 38.1 Å². The molecule has 1 atom stereocenters. The standard InChI is InChI=1S/C25H45NO3/c1-5-7-8-9-10-11-12-13-14-15-16-17-18-19-21-23(20-6-2)24(27)26-29-25(28)22(3)4/h13-14,23H,3,5-12,15-21H2,1-2,4H3,(H,26,27). The monoisotopic (exact) mass is 407 g/mol. The van der Waals surface area contributed by atoms with Crippen LogP contribution in [0.25, 0.3) is 0 Å². The molecule has 4 nitrogen and oxygen atoms in total. The number of unbranched alkanes of at least 4 members (excludes halogenated alkanes) is 10. The Kier molecular flexibility index (Phi) is 18.6. The highest BCUT2D eigenvalue weighted by atomic mass is 16.7. The number of hydrogen-bond acceptors (Lipinski definition) is 3. The lowest BCUT2D eigenvalue weighted by molar-refractivity contribution is -0.156. The van der Waals surface area contributed by atoms with Crippen molar-refractivity contribution in [1.82, 2.24) is 5.48 Å². The van der Waals surface area contributed by atoms with Crippen LogP contribution in [-0.2, 0) is 14.4 Å². The quantitative estimate of drug-likeness (QED) is 0.113. The van der Waals surface area contributed by atoms with Crippen LogP contribution in [-0.4, -0.2) is 11.9 Å². The summed E-state index contributed by atoms with van der Waals surface area (Å²) in [6.45, 7) is 9.38. The lowest BCUT2D eigenvalue weighted by atomic mass is 9.95. The van der Waals surface area contributed by atoms with E-state index in [0.29, 0.717) is 0 Å². The van der Waals surface area contributed by atoms with Gasteiger partial charge in [-0.15, -0.1) is 0 Å². The largest absolute Gasteiger partial charge is 0.358 e. The molecule has 0 heterocycles. The molecule has 0 aromatic heterocycles. The minimum Gasteiger partial charge on any atom is -0.336 e. The second-order valence-corrected chi connectivity index (χ2v) is 8.14. The third kappa shape index (κ3) is 17.0. The van der Waals surface area contributed by atoms with Crippen molar-refractivity contribution in [3.8, 4) is 0 Å². The summed E-state index contributed by atoms with van der Waals surface area (Å²) in [4.78, 5) is 28.4. The van der Waals surface area contributed by atoms with E-state index in [1.54, 1.807) is 6.92 Å². The number of nitrogens with one attached hydrogen (secondary N) is 1. The molecule has 0 saturated carbocycles. The van der Waals surface area contributed by atoms with Gasteiger partial charge >= 0.3 is 5.97 Å². The van der Waals surface area contributed by atoms with Crippen molar-refractivity contribution in [2.45, 2.75) is 117 Å². The average molecular weight is 408 g/mol. The van der Waals surface area contributed by atoms with Crippen LogP contribution in [0.15, 0.2) is 24.3 Å². The molecule has 1 unspecified atom stereocenters. The van der Waals surface area contributed by atoms with Crippen molar-refractivity contribution in [2.75, 3.05) is 0 Å². The molecule has 29 heavy (non-hydrogen) atoms. The van der Waals surface area contributed by atoms with Gasteiger partial charge in [0.05, 0.1) is 0 Å². The third-order valence-corrected chi connectivity index (χ3v) is 5.17. The van der Waals surface area contributed by atoms with Gasteiger partial charge in [0.2, 0.25) is 0 Å². The Morgan fingerprint density at radius 1 is 0.828 bits per heavy atom. The summed E-state index contributed by atoms with van der Waals surface area (Å²) in [7, 11) is 0. The molecule has 0 fully saturated rings. The van der Waals surface area contributed by atoms with Crippen molar-refractivity contribution < 1.29 is 14.4 Å². The zero-order valence-corrected chi connectivity index (χ0v) is 19.3. The molecular weight excluding hydrogens is 362 g/mol. The molecule has 0 aliphatic heterocycles. The molecule has 0 aliphatic rings. The first-order chi connectivity index (χ1) is 14.0. The van der Waals surface area contributed by atoms with Gasteiger partial charge in [-0.1, -0.05) is 90.4 Å². The molecule has 0 radical (unpaired) electrons. The van der Waals surface area contributed by atoms with Crippen LogP contribution in [0.1, 0.15) is 117 Å². The van der Waals surface area contributed by atoms with Crippen molar-refractivity contribution in [3.63, 3.8) is 0 Å². The number of amides is 1. The molecule has 0 rings (SSSR count). The van der Waals surface area contributed by atoms with Gasteiger partial charge in [0.1, 0.15) is 0 Å². The molecule has 0 aromatic carbocycles. The molecule has 168 valence electrons. The highest BCUT2D eigenvalue weighted by Crippen LogP contribution is 2.17. The van der Waals surface area contributed by atoms with Crippen LogP contribution >= 0.6 is 0 Å². The van der Waals surface area contributed by atoms with E-state index in [0.717, 1.165) is 38.5 Å². The van der Waals surface area contributed by atoms with Gasteiger partial charge in [-0.05, 0) is 45.4 Å². The maximum absolute atomic E-state index is 12.2. The average Bonchev–Trinajstić information content (AvgIpc) is 2.71. The fourth-order valence-electron chi connectivity index (χ4n) is 3.31. The number of carbonyl (C=O) groups is 2. The van der Waals surface area contributed by atoms with E-state index in [9.17, 15) is 9.59 Å². The molecule has 0 aromatic rings. The van der Waals surface area contributed by atoms with Crippen LogP contribution in [0.2, 0.25) is 0 Å². The SMILES string of the molecule is C=C(C)C(=O)ONC(=O)C(CCC)CCCCCCC=CCCCCCCCC. The predicted molar refractivity (Wildman–Crippen MR) is 122 cm³/mol. The number of allylic oxidation sites excluding steroid dienone is 2. The van der Waals surface area contributed by atoms with Gasteiger partial charge in [0, 0.05) is 11.5 Å². The fourth-order valence-corrected chi connectivity index (χ4v) is 3.31. The zero-order chi connectivity index (χ0) is 21.7. The van der Waals surface area contributed by atoms with Crippen LogP contribution < -0.4 is 5.48 Å². The van der Waals surface area contributed by atoms with E-state index in [-0.39, 0.29) is 17.4 Å². The minimum atomic E-state index is -0.585. The van der Waals surface area contributed by atoms with Crippen molar-refractivity contribution in [3.05, 3.63) is 24.3 Å². The Labute approximate surface area is 179 Å². The highest BCUT2D eigenvalue weighted by Gasteiger charge is 2.18. The molecule has 0 saturated heterocycles. The van der Waals surface area contributed by atoms with E-state index in [1.807, 2.05) is 0 Å². The van der Waals surface area contributed by atoms with E-state index < -0.39 is 5.97 Å². The lowest BCUT2D eigenvalue weighted by Gasteiger charge is -2.15. The Bertz CT molecular complexity index is 471. The number of hydroxylamine groups is 1. The zero-order valence-electron chi connectivity index (χ0n) is 19.3. The van der Waals surface area contributed by atoms with Gasteiger partial charge in [-0.2, -0.15) is 5.48 Å². The van der Waals surface area contributed by atoms with Gasteiger partial charge < -0.3 is 4.84 Å². The second-order valence-electron chi connectivity index (χ2n) is 8.14. The molecule has 4 heteroatoms. The highest BCUT2D eigenvalue weighted by molar-refractivity contribution is 5.88. The van der Waals surface area contributed by atoms with Crippen molar-refractivity contribution >= 4 is 11.9 Å². The van der Waals surface area contributed by atoms with Gasteiger partial charge in [0.15, 0.2) is 0 Å². The smallest absolute Gasteiger partial charge is 0.336 e. The summed E-state index contributed by atoms with van der Waals surface area (Å²) >= 11 is 0. The summed E-state index contributed by atoms with van der Waals surface area (Å²) in [6, 6.07) is 0. The summed E-state index contributed by atoms with van der Waals surface area (Å²) in [5, 5.41) is 0. The predicted octanol–water partition coefficient (Wildman–Crippen LogP) is 7.20. The number of hydrogen-bond donors (Lipinski definition) is 1. The molecule has 1 amide bonds. The Balaban J connectivity index is 3.73. The number of carbonyl (C=O) groups excluding carboxylic acids is 2. The van der Waals surface area contributed by atoms with Gasteiger partial charge in [0.25, 0.3) is 5.91 Å². The first kappa shape index (κ1) is 27.4. The molecule has 0 spiro atoms. The van der Waals surface area contributed by atoms with E-state index >= 15 is 0 Å². The first-order valence-corrected chi connectivity index (χ1v) is 11.8. The Morgan fingerprint density at radius 2 is 1.38 bits per heavy atom. The molecule has 0 aliphatic carbocycles. The van der Waals surface area contributed by atoms with Crippen molar-refractivity contribution in [1.29, 1.82) is 0 Å². The maximum atomic E-state index is 12.2. The Morgan fingerprint density at radius 3 is 1.93 bits per heavy atom. The van der Waals surface area contributed by atoms with Crippen LogP contribution in [0.4, 0.5) is 0 Å². The van der Waals surface area contributed by atoms with E-state index in [1.165, 1.54) is 57.8 Å². The third-order valence-electron chi connectivity index (χ3n) is 5.17. The summed E-state index contributed by atoms with van der Waals surface area (Å²) in [5.41, 5.74) is 2.57. The fraction of sp³-hybridized carbons (Fsp3) is 0.760. The second kappa shape index (κ2) is 19.7. The summed E-state index contributed by atoms with van der Waals surface area (Å²) in [5.74, 6) is -0.868. The normalized spacial score (nSPS) is 12.1. The van der Waals surface area contributed by atoms with E-state index in [4.69, 9.17) is 4.84 Å². The van der Waals surface area contributed by atoms with Crippen LogP contribution in [0, 0.1) is 5.92 Å². The Hall–Kier alpha value is -1.58. The summed E-state index contributed by atoms with van der Waals surface area (Å²) < 4.78 is 0. The van der Waals surface area contributed by atoms with Gasteiger partial charge in [-0.3, -0.25) is 4.79 Å². The summed E-state index contributed by atoms with van der Waals surface area (Å²) in [6.07, 6.45) is 22.4.